The molecule has 4 rings (SSSR count). The quantitative estimate of drug-likeness (QED) is 0.412. The molecule has 2 aliphatic heterocycles. The van der Waals surface area contributed by atoms with Crippen LogP contribution in [0.4, 0.5) is 5.82 Å². The third-order valence-electron chi connectivity index (χ3n) is 7.71. The highest BCUT2D eigenvalue weighted by Crippen LogP contribution is 2.35. The second-order valence-corrected chi connectivity index (χ2v) is 10.8. The number of piperidine rings is 2. The summed E-state index contributed by atoms with van der Waals surface area (Å²) in [4.78, 5) is 21.9. The number of rotatable bonds is 10. The average Bonchev–Trinajstić information content (AvgIpc) is 2.90. The van der Waals surface area contributed by atoms with Gasteiger partial charge in [-0.05, 0) is 86.5 Å². The molecule has 1 unspecified atom stereocenters. The number of pyridine rings is 1. The topological polar surface area (TPSA) is 71.7 Å². The Morgan fingerprint density at radius 1 is 1.08 bits per heavy atom. The van der Waals surface area contributed by atoms with E-state index in [4.69, 9.17) is 22.1 Å². The number of amides is 1. The summed E-state index contributed by atoms with van der Waals surface area (Å²) < 4.78 is 6.43. The van der Waals surface area contributed by atoms with Crippen LogP contribution in [-0.4, -0.2) is 53.5 Å². The SMILES string of the molecule is CCCCCOC(c1ccc(Cl)cc1)C1CCN(C(=O)C2CCN(Cc3ccnc(N)c3)CC2)CC1. The number of halogens is 1. The molecule has 6 nitrogen and oxygen atoms in total. The number of nitrogens with zero attached hydrogens (tertiary/aromatic N) is 3. The Bertz CT molecular complexity index is 954. The Kier molecular flexibility index (Phi) is 10.0. The van der Waals surface area contributed by atoms with Crippen molar-refractivity contribution in [1.82, 2.24) is 14.8 Å². The number of aromatic nitrogens is 1. The van der Waals surface area contributed by atoms with E-state index in [-0.39, 0.29) is 12.0 Å². The molecule has 0 spiro atoms. The maximum absolute atomic E-state index is 13.3. The lowest BCUT2D eigenvalue weighted by Crippen LogP contribution is -2.46. The third-order valence-corrected chi connectivity index (χ3v) is 7.96. The Labute approximate surface area is 221 Å². The lowest BCUT2D eigenvalue weighted by molar-refractivity contribution is -0.139. The fraction of sp³-hybridized carbons (Fsp3) is 0.586. The standard InChI is InChI=1S/C29H41ClN4O2/c1-2-3-4-19-36-28(23-5-7-26(30)8-6-23)24-12-17-34(18-13-24)29(35)25-10-15-33(16-11-25)21-22-9-14-32-27(31)20-22/h5-9,14,20,24-25,28H,2-4,10-13,15-19,21H2,1H3,(H2,31,32). The number of hydrogen-bond acceptors (Lipinski definition) is 5. The van der Waals surface area contributed by atoms with Crippen molar-refractivity contribution in [2.45, 2.75) is 64.5 Å². The second-order valence-electron chi connectivity index (χ2n) is 10.4. The zero-order valence-corrected chi connectivity index (χ0v) is 22.3. The average molecular weight is 513 g/mol. The molecule has 2 saturated heterocycles. The number of benzene rings is 1. The van der Waals surface area contributed by atoms with Crippen molar-refractivity contribution in [2.75, 3.05) is 38.5 Å². The number of ether oxygens (including phenoxy) is 1. The molecule has 7 heteroatoms. The molecule has 3 heterocycles. The van der Waals surface area contributed by atoms with E-state index in [0.717, 1.165) is 76.5 Å². The Hall–Kier alpha value is -2.15. The first-order valence-corrected chi connectivity index (χ1v) is 14.0. The van der Waals surface area contributed by atoms with Crippen molar-refractivity contribution in [3.63, 3.8) is 0 Å². The van der Waals surface area contributed by atoms with Crippen molar-refractivity contribution >= 4 is 23.3 Å². The van der Waals surface area contributed by atoms with Crippen LogP contribution < -0.4 is 5.73 Å². The summed E-state index contributed by atoms with van der Waals surface area (Å²) >= 11 is 6.14. The van der Waals surface area contributed by atoms with Gasteiger partial charge in [-0.3, -0.25) is 9.69 Å². The molecule has 36 heavy (non-hydrogen) atoms. The highest BCUT2D eigenvalue weighted by Gasteiger charge is 2.33. The molecule has 0 aliphatic carbocycles. The molecule has 1 aromatic heterocycles. The van der Waals surface area contributed by atoms with Gasteiger partial charge in [0.15, 0.2) is 0 Å². The van der Waals surface area contributed by atoms with Gasteiger partial charge in [0.2, 0.25) is 5.91 Å². The highest BCUT2D eigenvalue weighted by atomic mass is 35.5. The van der Waals surface area contributed by atoms with Crippen LogP contribution in [0.15, 0.2) is 42.6 Å². The second kappa shape index (κ2) is 13.4. The molecular formula is C29H41ClN4O2. The van der Waals surface area contributed by atoms with Gasteiger partial charge in [-0.25, -0.2) is 4.98 Å². The number of nitrogens with two attached hydrogens (primary N) is 1. The summed E-state index contributed by atoms with van der Waals surface area (Å²) in [5.41, 5.74) is 8.20. The predicted octanol–water partition coefficient (Wildman–Crippen LogP) is 5.72. The van der Waals surface area contributed by atoms with Gasteiger partial charge in [-0.15, -0.1) is 0 Å². The number of nitrogen functional groups attached to an aromatic ring is 1. The molecule has 0 radical (unpaired) electrons. The largest absolute Gasteiger partial charge is 0.384 e. The zero-order chi connectivity index (χ0) is 25.3. The molecule has 1 atom stereocenters. The minimum atomic E-state index is 0.0711. The summed E-state index contributed by atoms with van der Waals surface area (Å²) in [6.07, 6.45) is 9.11. The summed E-state index contributed by atoms with van der Waals surface area (Å²) in [5, 5.41) is 0.750. The van der Waals surface area contributed by atoms with Gasteiger partial charge in [-0.1, -0.05) is 43.5 Å². The highest BCUT2D eigenvalue weighted by molar-refractivity contribution is 6.30. The van der Waals surface area contributed by atoms with E-state index in [1.165, 1.54) is 24.0 Å². The van der Waals surface area contributed by atoms with Gasteiger partial charge in [-0.2, -0.15) is 0 Å². The van der Waals surface area contributed by atoms with Crippen molar-refractivity contribution in [3.05, 3.63) is 58.7 Å². The monoisotopic (exact) mass is 512 g/mol. The molecule has 1 amide bonds. The first-order chi connectivity index (χ1) is 17.5. The molecule has 2 aliphatic rings. The molecular weight excluding hydrogens is 472 g/mol. The van der Waals surface area contributed by atoms with Gasteiger partial charge in [0.1, 0.15) is 5.82 Å². The first kappa shape index (κ1) is 26.9. The van der Waals surface area contributed by atoms with Crippen LogP contribution >= 0.6 is 11.6 Å². The van der Waals surface area contributed by atoms with E-state index in [9.17, 15) is 4.79 Å². The van der Waals surface area contributed by atoms with Crippen molar-refractivity contribution < 1.29 is 9.53 Å². The van der Waals surface area contributed by atoms with E-state index >= 15 is 0 Å². The summed E-state index contributed by atoms with van der Waals surface area (Å²) in [6, 6.07) is 12.0. The minimum absolute atomic E-state index is 0.0711. The first-order valence-electron chi connectivity index (χ1n) is 13.6. The number of carbonyl (C=O) groups excluding carboxylic acids is 1. The summed E-state index contributed by atoms with van der Waals surface area (Å²) in [5.74, 6) is 1.46. The zero-order valence-electron chi connectivity index (χ0n) is 21.6. The van der Waals surface area contributed by atoms with Gasteiger partial charge in [0.25, 0.3) is 0 Å². The summed E-state index contributed by atoms with van der Waals surface area (Å²) in [6.45, 7) is 7.39. The lowest BCUT2D eigenvalue weighted by Gasteiger charge is -2.39. The van der Waals surface area contributed by atoms with E-state index in [1.54, 1.807) is 6.20 Å². The van der Waals surface area contributed by atoms with Crippen molar-refractivity contribution in [1.29, 1.82) is 0 Å². The van der Waals surface area contributed by atoms with E-state index in [0.29, 0.717) is 17.6 Å². The van der Waals surface area contributed by atoms with Crippen LogP contribution in [-0.2, 0) is 16.1 Å². The Morgan fingerprint density at radius 2 is 1.81 bits per heavy atom. The van der Waals surface area contributed by atoms with Crippen molar-refractivity contribution in [2.24, 2.45) is 11.8 Å². The van der Waals surface area contributed by atoms with Gasteiger partial charge in [0, 0.05) is 43.4 Å². The molecule has 2 fully saturated rings. The van der Waals surface area contributed by atoms with E-state index < -0.39 is 0 Å². The van der Waals surface area contributed by atoms with Gasteiger partial charge < -0.3 is 15.4 Å². The van der Waals surface area contributed by atoms with Gasteiger partial charge in [0.05, 0.1) is 6.10 Å². The van der Waals surface area contributed by atoms with Crippen LogP contribution in [0.2, 0.25) is 5.02 Å². The summed E-state index contributed by atoms with van der Waals surface area (Å²) in [7, 11) is 0. The number of unbranched alkanes of at least 4 members (excludes halogenated alkanes) is 2. The minimum Gasteiger partial charge on any atom is -0.384 e. The van der Waals surface area contributed by atoms with Crippen LogP contribution in [0.25, 0.3) is 0 Å². The van der Waals surface area contributed by atoms with Crippen molar-refractivity contribution in [3.8, 4) is 0 Å². The predicted molar refractivity (Wildman–Crippen MR) is 146 cm³/mol. The molecule has 0 bridgehead atoms. The lowest BCUT2D eigenvalue weighted by atomic mass is 9.86. The van der Waals surface area contributed by atoms with Crippen LogP contribution in [0, 0.1) is 11.8 Å². The van der Waals surface area contributed by atoms with Crippen LogP contribution in [0.1, 0.15) is 69.1 Å². The molecule has 1 aromatic carbocycles. The number of anilines is 1. The fourth-order valence-electron chi connectivity index (χ4n) is 5.59. The Morgan fingerprint density at radius 3 is 2.47 bits per heavy atom. The molecule has 196 valence electrons. The Balaban J connectivity index is 1.27. The fourth-order valence-corrected chi connectivity index (χ4v) is 5.72. The van der Waals surface area contributed by atoms with E-state index in [2.05, 4.69) is 33.8 Å². The van der Waals surface area contributed by atoms with Crippen LogP contribution in [0.5, 0.6) is 0 Å². The molecule has 2 N–H and O–H groups in total. The number of hydrogen-bond donors (Lipinski definition) is 1. The maximum atomic E-state index is 13.3. The normalized spacial score (nSPS) is 18.9. The smallest absolute Gasteiger partial charge is 0.225 e. The maximum Gasteiger partial charge on any atom is 0.225 e. The van der Waals surface area contributed by atoms with E-state index in [1.807, 2.05) is 24.3 Å². The van der Waals surface area contributed by atoms with Gasteiger partial charge >= 0.3 is 0 Å². The van der Waals surface area contributed by atoms with Crippen LogP contribution in [0.3, 0.4) is 0 Å². The number of likely N-dealkylation sites (tertiary alicyclic amines) is 2. The third kappa shape index (κ3) is 7.44. The number of carbonyl (C=O) groups is 1. The molecule has 0 saturated carbocycles. The molecule has 2 aromatic rings.